The van der Waals surface area contributed by atoms with Crippen molar-refractivity contribution in [1.82, 2.24) is 14.9 Å². The highest BCUT2D eigenvalue weighted by Gasteiger charge is 2.54. The van der Waals surface area contributed by atoms with Gasteiger partial charge in [-0.1, -0.05) is 68.4 Å². The number of hydrogen-bond donors (Lipinski definition) is 1. The molecular formula is C31H35N3O6. The standard InChI is InChI=1S/C31H35N3O6/c1-19(2)28-30(37)33-26(16-21-12-14-24(35)15-13-21)29(36)32(20(3)4)17-27(33)34(40-28)31(38)39-18-23-10-7-9-22-8-5-6-11-25(22)23/h5-15,19-20,26-28,35H,16-18H2,1-4H3/t26-,27-,28-/m0/s1. The number of carbonyl (C=O) groups excluding carboxylic acids is 3. The van der Waals surface area contributed by atoms with E-state index in [0.29, 0.717) is 0 Å². The van der Waals surface area contributed by atoms with E-state index in [1.165, 1.54) is 4.90 Å². The Bertz CT molecular complexity index is 1400. The minimum absolute atomic E-state index is 0.0246. The molecule has 2 saturated heterocycles. The van der Waals surface area contributed by atoms with Crippen molar-refractivity contribution in [2.45, 2.75) is 65.1 Å². The van der Waals surface area contributed by atoms with Gasteiger partial charge >= 0.3 is 6.09 Å². The summed E-state index contributed by atoms with van der Waals surface area (Å²) in [5.41, 5.74) is 1.63. The van der Waals surface area contributed by atoms with Crippen molar-refractivity contribution < 1.29 is 29.1 Å². The number of phenolic OH excluding ortho intramolecular Hbond substituents is 1. The monoisotopic (exact) mass is 545 g/mol. The molecule has 3 amide bonds. The number of amides is 3. The van der Waals surface area contributed by atoms with Crippen LogP contribution in [0, 0.1) is 5.92 Å². The first-order valence-electron chi connectivity index (χ1n) is 13.7. The average molecular weight is 546 g/mol. The average Bonchev–Trinajstić information content (AvgIpc) is 2.93. The van der Waals surface area contributed by atoms with Crippen molar-refractivity contribution in [3.8, 4) is 5.75 Å². The lowest BCUT2D eigenvalue weighted by molar-refractivity contribution is -0.274. The van der Waals surface area contributed by atoms with E-state index in [-0.39, 0.29) is 49.1 Å². The normalized spacial score (nSPS) is 21.4. The minimum Gasteiger partial charge on any atom is -0.508 e. The second-order valence-electron chi connectivity index (χ2n) is 11.0. The molecule has 5 rings (SSSR count). The molecule has 0 radical (unpaired) electrons. The lowest BCUT2D eigenvalue weighted by atomic mass is 9.96. The topological polar surface area (TPSA) is 99.6 Å². The van der Waals surface area contributed by atoms with E-state index in [1.807, 2.05) is 70.2 Å². The number of hydroxylamine groups is 2. The number of aromatic hydroxyl groups is 1. The van der Waals surface area contributed by atoms with Gasteiger partial charge in [0.2, 0.25) is 5.91 Å². The van der Waals surface area contributed by atoms with Crippen molar-refractivity contribution in [1.29, 1.82) is 0 Å². The summed E-state index contributed by atoms with van der Waals surface area (Å²) in [7, 11) is 0. The molecule has 9 heteroatoms. The van der Waals surface area contributed by atoms with Gasteiger partial charge in [0, 0.05) is 12.5 Å². The Balaban J connectivity index is 1.46. The summed E-state index contributed by atoms with van der Waals surface area (Å²) in [6, 6.07) is 19.2. The summed E-state index contributed by atoms with van der Waals surface area (Å²) in [6.45, 7) is 7.60. The van der Waals surface area contributed by atoms with Crippen LogP contribution >= 0.6 is 0 Å². The Labute approximate surface area is 233 Å². The molecule has 0 unspecified atom stereocenters. The molecule has 1 N–H and O–H groups in total. The molecule has 0 aromatic heterocycles. The maximum atomic E-state index is 13.8. The van der Waals surface area contributed by atoms with Gasteiger partial charge < -0.3 is 19.6 Å². The van der Waals surface area contributed by atoms with Crippen LogP contribution in [0.4, 0.5) is 4.79 Å². The van der Waals surface area contributed by atoms with Crippen molar-refractivity contribution in [2.75, 3.05) is 6.54 Å². The first kappa shape index (κ1) is 27.5. The molecule has 3 aromatic rings. The van der Waals surface area contributed by atoms with Crippen LogP contribution in [0.1, 0.15) is 38.8 Å². The Kier molecular flexibility index (Phi) is 7.67. The van der Waals surface area contributed by atoms with Gasteiger partial charge in [0.15, 0.2) is 12.3 Å². The summed E-state index contributed by atoms with van der Waals surface area (Å²) in [5, 5.41) is 12.9. The van der Waals surface area contributed by atoms with Gasteiger partial charge in [-0.25, -0.2) is 4.79 Å². The molecule has 40 heavy (non-hydrogen) atoms. The third kappa shape index (κ3) is 5.21. The zero-order valence-corrected chi connectivity index (χ0v) is 23.2. The number of piperazine rings is 1. The molecule has 2 fully saturated rings. The van der Waals surface area contributed by atoms with E-state index < -0.39 is 24.4 Å². The van der Waals surface area contributed by atoms with Crippen LogP contribution in [-0.2, 0) is 32.2 Å². The van der Waals surface area contributed by atoms with Crippen LogP contribution in [0.5, 0.6) is 5.75 Å². The van der Waals surface area contributed by atoms with E-state index in [9.17, 15) is 19.5 Å². The molecular weight excluding hydrogens is 510 g/mol. The number of nitrogens with zero attached hydrogens (tertiary/aromatic N) is 3. The molecule has 0 bridgehead atoms. The van der Waals surface area contributed by atoms with E-state index in [0.717, 1.165) is 27.0 Å². The van der Waals surface area contributed by atoms with Gasteiger partial charge in [0.1, 0.15) is 18.4 Å². The molecule has 0 saturated carbocycles. The second kappa shape index (κ2) is 11.2. The van der Waals surface area contributed by atoms with Gasteiger partial charge in [-0.05, 0) is 53.8 Å². The summed E-state index contributed by atoms with van der Waals surface area (Å²) in [4.78, 5) is 50.3. The Morgan fingerprint density at radius 2 is 1.68 bits per heavy atom. The fraction of sp³-hybridized carbons (Fsp3) is 0.387. The first-order chi connectivity index (χ1) is 19.2. The van der Waals surface area contributed by atoms with Gasteiger partial charge in [-0.3, -0.25) is 14.4 Å². The Morgan fingerprint density at radius 1 is 0.975 bits per heavy atom. The number of phenols is 1. The van der Waals surface area contributed by atoms with E-state index in [4.69, 9.17) is 9.57 Å². The number of fused-ring (bicyclic) bond motifs is 2. The zero-order chi connectivity index (χ0) is 28.6. The fourth-order valence-electron chi connectivity index (χ4n) is 5.44. The van der Waals surface area contributed by atoms with Crippen molar-refractivity contribution in [2.24, 2.45) is 5.92 Å². The summed E-state index contributed by atoms with van der Waals surface area (Å²) in [6.07, 6.45) is -2.30. The highest BCUT2D eigenvalue weighted by atomic mass is 16.7. The molecule has 2 aliphatic heterocycles. The smallest absolute Gasteiger partial charge is 0.436 e. The molecule has 2 aliphatic rings. The Hall–Kier alpha value is -4.11. The van der Waals surface area contributed by atoms with Crippen LogP contribution in [-0.4, -0.2) is 68.8 Å². The van der Waals surface area contributed by atoms with Crippen molar-refractivity contribution in [3.05, 3.63) is 77.9 Å². The second-order valence-corrected chi connectivity index (χ2v) is 11.0. The molecule has 3 aromatic carbocycles. The van der Waals surface area contributed by atoms with Crippen LogP contribution in [0.3, 0.4) is 0 Å². The predicted octanol–water partition coefficient (Wildman–Crippen LogP) is 4.47. The van der Waals surface area contributed by atoms with Crippen LogP contribution in [0.25, 0.3) is 10.8 Å². The molecule has 0 aliphatic carbocycles. The van der Waals surface area contributed by atoms with E-state index >= 15 is 0 Å². The third-order valence-electron chi connectivity index (χ3n) is 7.59. The maximum absolute atomic E-state index is 13.8. The molecule has 2 heterocycles. The van der Waals surface area contributed by atoms with Crippen molar-refractivity contribution in [3.63, 3.8) is 0 Å². The first-order valence-corrected chi connectivity index (χ1v) is 13.7. The van der Waals surface area contributed by atoms with Crippen molar-refractivity contribution >= 4 is 28.7 Å². The molecule has 3 atom stereocenters. The predicted molar refractivity (Wildman–Crippen MR) is 149 cm³/mol. The highest BCUT2D eigenvalue weighted by molar-refractivity contribution is 5.92. The number of carbonyl (C=O) groups is 3. The SMILES string of the molecule is CC(C)[C@@H]1ON(C(=O)OCc2cccc3ccccc23)[C@H]2CN(C(C)C)C(=O)[C@H](Cc3ccc(O)cc3)N2C1=O. The largest absolute Gasteiger partial charge is 0.508 e. The summed E-state index contributed by atoms with van der Waals surface area (Å²) >= 11 is 0. The van der Waals surface area contributed by atoms with Crippen LogP contribution in [0.15, 0.2) is 66.7 Å². The number of rotatable bonds is 6. The number of hydrogen-bond acceptors (Lipinski definition) is 6. The molecule has 0 spiro atoms. The Morgan fingerprint density at radius 3 is 2.38 bits per heavy atom. The lowest BCUT2D eigenvalue weighted by Crippen LogP contribution is -2.74. The third-order valence-corrected chi connectivity index (χ3v) is 7.59. The summed E-state index contributed by atoms with van der Waals surface area (Å²) < 4.78 is 5.77. The fourth-order valence-corrected chi connectivity index (χ4v) is 5.44. The molecule has 9 nitrogen and oxygen atoms in total. The molecule has 210 valence electrons. The zero-order valence-electron chi connectivity index (χ0n) is 23.2. The minimum atomic E-state index is -0.956. The van der Waals surface area contributed by atoms with Gasteiger partial charge in [0.25, 0.3) is 5.91 Å². The summed E-state index contributed by atoms with van der Waals surface area (Å²) in [5.74, 6) is -0.669. The van der Waals surface area contributed by atoms with E-state index in [2.05, 4.69) is 0 Å². The van der Waals surface area contributed by atoms with Gasteiger partial charge in [-0.2, -0.15) is 5.06 Å². The quantitative estimate of drug-likeness (QED) is 0.491. The van der Waals surface area contributed by atoms with Gasteiger partial charge in [0.05, 0.1) is 6.54 Å². The highest BCUT2D eigenvalue weighted by Crippen LogP contribution is 2.33. The number of ether oxygens (including phenoxy) is 1. The van der Waals surface area contributed by atoms with Crippen LogP contribution < -0.4 is 0 Å². The lowest BCUT2D eigenvalue weighted by Gasteiger charge is -2.53. The maximum Gasteiger partial charge on any atom is 0.436 e. The van der Waals surface area contributed by atoms with Crippen LogP contribution in [0.2, 0.25) is 0 Å². The van der Waals surface area contributed by atoms with Gasteiger partial charge in [-0.15, -0.1) is 0 Å². The van der Waals surface area contributed by atoms with E-state index in [1.54, 1.807) is 29.2 Å². The number of benzene rings is 3.